The van der Waals surface area contributed by atoms with Gasteiger partial charge in [-0.2, -0.15) is 4.58 Å². The van der Waals surface area contributed by atoms with Gasteiger partial charge >= 0.3 is 0 Å². The number of anilines is 1. The molecule has 8 heteroatoms. The topological polar surface area (TPSA) is 80.8 Å². The average molecular weight is 608 g/mol. The van der Waals surface area contributed by atoms with Gasteiger partial charge in [0.2, 0.25) is 5.69 Å². The molecule has 0 bridgehead atoms. The summed E-state index contributed by atoms with van der Waals surface area (Å²) >= 11 is -1.24. The van der Waals surface area contributed by atoms with E-state index in [1.807, 2.05) is 18.2 Å². The number of fused-ring (bicyclic) bond motifs is 2. The molecule has 2 aliphatic rings. The van der Waals surface area contributed by atoms with E-state index in [1.54, 1.807) is 13.0 Å². The molecule has 2 aliphatic heterocycles. The molecule has 4 rings (SSSR count). The maximum absolute atomic E-state index is 11.7. The Morgan fingerprint density at radius 3 is 2.43 bits per heavy atom. The van der Waals surface area contributed by atoms with Crippen molar-refractivity contribution in [1.82, 2.24) is 0 Å². The monoisotopic (exact) mass is 607 g/mol. The predicted molar refractivity (Wildman–Crippen MR) is 175 cm³/mol. The van der Waals surface area contributed by atoms with E-state index < -0.39 is 11.1 Å². The number of unbranched alkanes of at least 4 members (excludes halogenated alkanes) is 2. The maximum Gasteiger partial charge on any atom is 0.209 e. The zero-order valence-electron chi connectivity index (χ0n) is 25.5. The van der Waals surface area contributed by atoms with Gasteiger partial charge in [-0.25, -0.2) is 4.21 Å². The first-order chi connectivity index (χ1) is 19.9. The lowest BCUT2D eigenvalue weighted by atomic mass is 9.81. The highest BCUT2D eigenvalue weighted by Crippen LogP contribution is 2.48. The van der Waals surface area contributed by atoms with Gasteiger partial charge in [-0.05, 0) is 82.5 Å². The van der Waals surface area contributed by atoms with E-state index in [0.29, 0.717) is 11.3 Å². The molecular formula is C34H43N2O4S2+. The fourth-order valence-electron chi connectivity index (χ4n) is 6.23. The summed E-state index contributed by atoms with van der Waals surface area (Å²) in [5, 5.41) is 0. The first kappa shape index (κ1) is 32.1. The lowest BCUT2D eigenvalue weighted by molar-refractivity contribution is -0.438. The summed E-state index contributed by atoms with van der Waals surface area (Å²) in [5.74, 6) is 0.242. The van der Waals surface area contributed by atoms with Gasteiger partial charge in [-0.3, -0.25) is 0 Å². The Balaban J connectivity index is 1.60. The summed E-state index contributed by atoms with van der Waals surface area (Å²) < 4.78 is 33.4. The van der Waals surface area contributed by atoms with Crippen molar-refractivity contribution < 1.29 is 22.7 Å². The van der Waals surface area contributed by atoms with Crippen molar-refractivity contribution in [2.24, 2.45) is 0 Å². The molecule has 0 saturated heterocycles. The van der Waals surface area contributed by atoms with Crippen LogP contribution >= 0.6 is 12.0 Å². The van der Waals surface area contributed by atoms with Crippen molar-refractivity contribution in [3.05, 3.63) is 83.6 Å². The second kappa shape index (κ2) is 13.2. The molecule has 0 saturated carbocycles. The van der Waals surface area contributed by atoms with Gasteiger partial charge in [0.05, 0.1) is 10.3 Å². The third-order valence-corrected chi connectivity index (χ3v) is 9.61. The van der Waals surface area contributed by atoms with Crippen molar-refractivity contribution in [3.63, 3.8) is 0 Å². The molecule has 6 nitrogen and oxygen atoms in total. The van der Waals surface area contributed by atoms with Gasteiger partial charge in [0, 0.05) is 70.8 Å². The quantitative estimate of drug-likeness (QED) is 0.0833. The van der Waals surface area contributed by atoms with Crippen LogP contribution in [0.5, 0.6) is 0 Å². The van der Waals surface area contributed by atoms with Crippen LogP contribution in [-0.2, 0) is 26.7 Å². The van der Waals surface area contributed by atoms with Crippen LogP contribution in [0.3, 0.4) is 0 Å². The lowest BCUT2D eigenvalue weighted by Crippen LogP contribution is -2.28. The molecule has 1 atom stereocenters. The Morgan fingerprint density at radius 1 is 1.00 bits per heavy atom. The van der Waals surface area contributed by atoms with Crippen LogP contribution in [-0.4, -0.2) is 42.5 Å². The fourth-order valence-corrected chi connectivity index (χ4v) is 6.94. The van der Waals surface area contributed by atoms with E-state index in [1.165, 1.54) is 17.0 Å². The number of carbonyl (C=O) groups excluding carboxylic acids is 1. The second-order valence-electron chi connectivity index (χ2n) is 12.0. The molecule has 224 valence electrons. The third kappa shape index (κ3) is 6.42. The Hall–Kier alpha value is -2.78. The smallest absolute Gasteiger partial charge is 0.209 e. The fraction of sp³-hybridized carbons (Fsp3) is 0.412. The number of allylic oxidation sites excluding steroid dienone is 6. The van der Waals surface area contributed by atoms with Gasteiger partial charge in [-0.1, -0.05) is 32.1 Å². The molecule has 2 aromatic carbocycles. The van der Waals surface area contributed by atoms with Crippen LogP contribution in [0.1, 0.15) is 78.4 Å². The number of benzene rings is 2. The number of hydrogen-bond acceptors (Lipinski definition) is 5. The van der Waals surface area contributed by atoms with Crippen LogP contribution in [0.25, 0.3) is 0 Å². The molecule has 0 spiro atoms. The summed E-state index contributed by atoms with van der Waals surface area (Å²) in [7, 11) is 0. The zero-order valence-corrected chi connectivity index (χ0v) is 27.1. The summed E-state index contributed by atoms with van der Waals surface area (Å²) in [6.45, 7) is 14.2. The number of rotatable bonds is 12. The van der Waals surface area contributed by atoms with Gasteiger partial charge in [0.15, 0.2) is 16.8 Å². The van der Waals surface area contributed by atoms with Gasteiger partial charge in [0.1, 0.15) is 12.3 Å². The number of ketones is 1. The normalized spacial score (nSPS) is 18.9. The molecule has 2 heterocycles. The highest BCUT2D eigenvalue weighted by molar-refractivity contribution is 7.93. The van der Waals surface area contributed by atoms with Gasteiger partial charge in [0.25, 0.3) is 0 Å². The largest absolute Gasteiger partial charge is 0.344 e. The standard InChI is InChI=1S/C34H42N2O4S2/c1-7-35-29-20-18-26(42(39)40)23-28(29)34(5,6)31(35)15-11-8-12-16-32-33(3,4)27-22-25(41-38)17-19-30(27)36(32)21-13-9-10-14-24(2)37/h8,11-12,15-20,22-23H,7,9-10,13-14,21H2,1-6H3,(H-,38,39,40)/p+1. The van der Waals surface area contributed by atoms with Crippen molar-refractivity contribution in [1.29, 1.82) is 0 Å². The van der Waals surface area contributed by atoms with E-state index in [4.69, 9.17) is 0 Å². The number of carbonyl (C=O) groups is 1. The van der Waals surface area contributed by atoms with Crippen LogP contribution in [0.15, 0.2) is 82.3 Å². The highest BCUT2D eigenvalue weighted by Gasteiger charge is 2.44. The first-order valence-corrected chi connectivity index (χ1v) is 16.5. The SMILES string of the molecule is CCN1\C(=C/C=C/C=C/C2=[N+](CCCCCC(C)=O)c3ccc(SO)cc3C2(C)C)C(C)(C)c2cc(S(=O)O)ccc21. The minimum Gasteiger partial charge on any atom is -0.344 e. The molecule has 42 heavy (non-hydrogen) atoms. The number of nitrogens with zero attached hydrogens (tertiary/aromatic N) is 2. The van der Waals surface area contributed by atoms with Crippen LogP contribution < -0.4 is 4.90 Å². The molecule has 0 fully saturated rings. The van der Waals surface area contributed by atoms with E-state index in [9.17, 15) is 18.1 Å². The molecular weight excluding hydrogens is 565 g/mol. The summed E-state index contributed by atoms with van der Waals surface area (Å²) in [6.07, 6.45) is 14.1. The minimum absolute atomic E-state index is 0.234. The number of hydrogen-bond donors (Lipinski definition) is 2. The summed E-state index contributed by atoms with van der Waals surface area (Å²) in [6, 6.07) is 11.7. The van der Waals surface area contributed by atoms with Crippen LogP contribution in [0, 0.1) is 0 Å². The van der Waals surface area contributed by atoms with Crippen molar-refractivity contribution in [2.75, 3.05) is 18.0 Å². The van der Waals surface area contributed by atoms with E-state index in [2.05, 4.69) is 86.6 Å². The maximum atomic E-state index is 11.7. The van der Waals surface area contributed by atoms with Crippen LogP contribution in [0.2, 0.25) is 0 Å². The van der Waals surface area contributed by atoms with E-state index in [-0.39, 0.29) is 16.6 Å². The Bertz CT molecular complexity index is 1500. The van der Waals surface area contributed by atoms with Gasteiger partial charge < -0.3 is 18.8 Å². The lowest BCUT2D eigenvalue weighted by Gasteiger charge is -2.25. The third-order valence-electron chi connectivity index (χ3n) is 8.49. The predicted octanol–water partition coefficient (Wildman–Crippen LogP) is 8.17. The Morgan fingerprint density at radius 2 is 1.76 bits per heavy atom. The Labute approximate surface area is 257 Å². The van der Waals surface area contributed by atoms with Crippen molar-refractivity contribution >= 4 is 46.0 Å². The molecule has 1 unspecified atom stereocenters. The molecule has 0 radical (unpaired) electrons. The Kier molecular flexibility index (Phi) is 10.1. The zero-order chi connectivity index (χ0) is 30.7. The highest BCUT2D eigenvalue weighted by atomic mass is 32.2. The molecule has 2 aromatic rings. The average Bonchev–Trinajstić information content (AvgIpc) is 3.30. The molecule has 0 aliphatic carbocycles. The van der Waals surface area contributed by atoms with E-state index in [0.717, 1.165) is 66.2 Å². The number of likely N-dealkylation sites (N-methyl/N-ethyl adjacent to an activating group) is 1. The first-order valence-electron chi connectivity index (χ1n) is 14.6. The van der Waals surface area contributed by atoms with Crippen LogP contribution in [0.4, 0.5) is 11.4 Å². The molecule has 2 N–H and O–H groups in total. The number of Topliss-reactive ketones (excluding diaryl/α,β-unsaturated/α-hetero) is 1. The molecule has 0 amide bonds. The van der Waals surface area contributed by atoms with Crippen molar-refractivity contribution in [2.45, 2.75) is 87.8 Å². The second-order valence-corrected chi connectivity index (χ2v) is 13.7. The van der Waals surface area contributed by atoms with Crippen molar-refractivity contribution in [3.8, 4) is 0 Å². The summed E-state index contributed by atoms with van der Waals surface area (Å²) in [4.78, 5) is 14.9. The molecule has 0 aromatic heterocycles. The minimum atomic E-state index is -2.01. The van der Waals surface area contributed by atoms with E-state index >= 15 is 0 Å². The summed E-state index contributed by atoms with van der Waals surface area (Å²) in [5.41, 5.74) is 6.31. The van der Waals surface area contributed by atoms with Gasteiger partial charge in [-0.15, -0.1) is 0 Å².